The van der Waals surface area contributed by atoms with Crippen LogP contribution >= 0.6 is 28.7 Å². The van der Waals surface area contributed by atoms with E-state index < -0.39 is 6.03 Å². The Morgan fingerprint density at radius 3 is 2.65 bits per heavy atom. The van der Waals surface area contributed by atoms with E-state index in [2.05, 4.69) is 39.0 Å². The summed E-state index contributed by atoms with van der Waals surface area (Å²) in [4.78, 5) is 16.2. The average Bonchev–Trinajstić information content (AvgIpc) is 2.48. The monoisotopic (exact) mass is 353 g/mol. The SMILES string of the molecule is COc1ccc(NC(=O)N(S)c2ncccc2Br)cc1. The number of benzene rings is 1. The van der Waals surface area contributed by atoms with Gasteiger partial charge in [0.25, 0.3) is 0 Å². The third-order valence-corrected chi connectivity index (χ3v) is 3.46. The molecule has 7 heteroatoms. The number of pyridine rings is 1. The van der Waals surface area contributed by atoms with Crippen molar-refractivity contribution in [2.45, 2.75) is 0 Å². The molecule has 0 aliphatic carbocycles. The van der Waals surface area contributed by atoms with E-state index in [9.17, 15) is 4.79 Å². The van der Waals surface area contributed by atoms with E-state index in [4.69, 9.17) is 4.74 Å². The number of thiol groups is 1. The number of rotatable bonds is 3. The van der Waals surface area contributed by atoms with Crippen molar-refractivity contribution >= 4 is 46.3 Å². The maximum atomic E-state index is 12.1. The molecule has 2 aromatic rings. The zero-order valence-electron chi connectivity index (χ0n) is 10.6. The molecule has 0 saturated heterocycles. The van der Waals surface area contributed by atoms with Crippen LogP contribution in [0.5, 0.6) is 5.75 Å². The molecule has 5 nitrogen and oxygen atoms in total. The fraction of sp³-hybridized carbons (Fsp3) is 0.0769. The summed E-state index contributed by atoms with van der Waals surface area (Å²) in [6.07, 6.45) is 1.59. The number of hydrogen-bond donors (Lipinski definition) is 2. The van der Waals surface area contributed by atoms with Crippen molar-refractivity contribution in [3.8, 4) is 5.75 Å². The number of carbonyl (C=O) groups excluding carboxylic acids is 1. The van der Waals surface area contributed by atoms with Crippen LogP contribution in [0.4, 0.5) is 16.3 Å². The largest absolute Gasteiger partial charge is 0.497 e. The number of halogens is 1. The van der Waals surface area contributed by atoms with Crippen LogP contribution in [-0.4, -0.2) is 18.1 Å². The molecule has 0 aliphatic rings. The Morgan fingerprint density at radius 2 is 2.05 bits per heavy atom. The van der Waals surface area contributed by atoms with Crippen molar-refractivity contribution in [2.75, 3.05) is 16.7 Å². The van der Waals surface area contributed by atoms with E-state index in [0.717, 1.165) is 10.1 Å². The number of hydrogen-bond acceptors (Lipinski definition) is 4. The van der Waals surface area contributed by atoms with Gasteiger partial charge in [0.1, 0.15) is 5.75 Å². The van der Waals surface area contributed by atoms with Gasteiger partial charge in [-0.25, -0.2) is 14.1 Å². The first kappa shape index (κ1) is 14.7. The van der Waals surface area contributed by atoms with Gasteiger partial charge in [0.2, 0.25) is 0 Å². The van der Waals surface area contributed by atoms with E-state index in [1.807, 2.05) is 0 Å². The molecule has 0 unspecified atom stereocenters. The molecule has 0 bridgehead atoms. The van der Waals surface area contributed by atoms with Crippen LogP contribution in [0.1, 0.15) is 0 Å². The first-order valence-corrected chi connectivity index (χ1v) is 6.85. The number of carbonyl (C=O) groups is 1. The molecule has 2 amide bonds. The maximum Gasteiger partial charge on any atom is 0.337 e. The number of urea groups is 1. The highest BCUT2D eigenvalue weighted by Crippen LogP contribution is 2.25. The molecule has 20 heavy (non-hydrogen) atoms. The predicted octanol–water partition coefficient (Wildman–Crippen LogP) is 3.74. The molecule has 1 N–H and O–H groups in total. The molecule has 0 saturated carbocycles. The van der Waals surface area contributed by atoms with Crippen molar-refractivity contribution in [3.05, 3.63) is 47.1 Å². The summed E-state index contributed by atoms with van der Waals surface area (Å²) < 4.78 is 6.87. The van der Waals surface area contributed by atoms with E-state index in [1.54, 1.807) is 49.7 Å². The summed E-state index contributed by atoms with van der Waals surface area (Å²) in [6, 6.07) is 10.1. The van der Waals surface area contributed by atoms with Gasteiger partial charge in [-0.15, -0.1) is 0 Å². The van der Waals surface area contributed by atoms with Gasteiger partial charge in [0.05, 0.1) is 11.6 Å². The Labute approximate surface area is 130 Å². The minimum atomic E-state index is -0.405. The molecule has 0 fully saturated rings. The van der Waals surface area contributed by atoms with E-state index in [-0.39, 0.29) is 0 Å². The Balaban J connectivity index is 2.09. The summed E-state index contributed by atoms with van der Waals surface area (Å²) >= 11 is 7.48. The molecular weight excluding hydrogens is 342 g/mol. The summed E-state index contributed by atoms with van der Waals surface area (Å²) in [5, 5.41) is 2.71. The minimum Gasteiger partial charge on any atom is -0.497 e. The summed E-state index contributed by atoms with van der Waals surface area (Å²) in [5.74, 6) is 1.14. The Hall–Kier alpha value is -1.73. The van der Waals surface area contributed by atoms with Crippen LogP contribution in [0.15, 0.2) is 47.1 Å². The molecule has 1 aromatic carbocycles. The first-order valence-electron chi connectivity index (χ1n) is 5.66. The fourth-order valence-corrected chi connectivity index (χ4v) is 2.26. The van der Waals surface area contributed by atoms with Crippen molar-refractivity contribution < 1.29 is 9.53 Å². The number of amides is 2. The molecular formula is C13H12BrN3O2S. The van der Waals surface area contributed by atoms with Gasteiger partial charge in [-0.3, -0.25) is 0 Å². The van der Waals surface area contributed by atoms with Crippen LogP contribution < -0.4 is 14.4 Å². The van der Waals surface area contributed by atoms with Gasteiger partial charge in [-0.05, 0) is 52.3 Å². The topological polar surface area (TPSA) is 54.5 Å². The van der Waals surface area contributed by atoms with Gasteiger partial charge in [-0.2, -0.15) is 0 Å². The summed E-state index contributed by atoms with van der Waals surface area (Å²) in [7, 11) is 1.58. The normalized spacial score (nSPS) is 9.95. The summed E-state index contributed by atoms with van der Waals surface area (Å²) in [6.45, 7) is 0. The molecule has 104 valence electrons. The van der Waals surface area contributed by atoms with Gasteiger partial charge < -0.3 is 10.1 Å². The molecule has 0 atom stereocenters. The number of anilines is 2. The second-order valence-electron chi connectivity index (χ2n) is 3.78. The maximum absolute atomic E-state index is 12.1. The zero-order chi connectivity index (χ0) is 14.5. The first-order chi connectivity index (χ1) is 9.61. The number of methoxy groups -OCH3 is 1. The van der Waals surface area contributed by atoms with Crippen LogP contribution in [0.25, 0.3) is 0 Å². The second-order valence-corrected chi connectivity index (χ2v) is 5.03. The molecule has 0 aliphatic heterocycles. The lowest BCUT2D eigenvalue weighted by Gasteiger charge is -2.16. The highest BCUT2D eigenvalue weighted by Gasteiger charge is 2.15. The zero-order valence-corrected chi connectivity index (χ0v) is 13.1. The molecule has 0 spiro atoms. The van der Waals surface area contributed by atoms with Crippen molar-refractivity contribution in [2.24, 2.45) is 0 Å². The Kier molecular flexibility index (Phi) is 4.86. The third-order valence-electron chi connectivity index (χ3n) is 2.47. The molecule has 2 rings (SSSR count). The van der Waals surface area contributed by atoms with E-state index >= 15 is 0 Å². The summed E-state index contributed by atoms with van der Waals surface area (Å²) in [5.41, 5.74) is 0.641. The number of nitrogens with zero attached hydrogens (tertiary/aromatic N) is 2. The lowest BCUT2D eigenvalue weighted by atomic mass is 10.3. The average molecular weight is 354 g/mol. The lowest BCUT2D eigenvalue weighted by Crippen LogP contribution is -2.27. The molecule has 1 heterocycles. The molecule has 0 radical (unpaired) electrons. The van der Waals surface area contributed by atoms with Gasteiger partial charge in [0, 0.05) is 11.9 Å². The standard InChI is InChI=1S/C13H12BrN3O2S/c1-19-10-6-4-9(5-7-10)16-13(18)17(20)12-11(14)3-2-8-15-12/h2-8,20H,1H3,(H,16,18). The minimum absolute atomic E-state index is 0.405. The van der Waals surface area contributed by atoms with Crippen LogP contribution in [0, 0.1) is 0 Å². The fourth-order valence-electron chi connectivity index (χ4n) is 1.48. The van der Waals surface area contributed by atoms with Crippen LogP contribution in [0.2, 0.25) is 0 Å². The van der Waals surface area contributed by atoms with Crippen molar-refractivity contribution in [3.63, 3.8) is 0 Å². The molecule has 1 aromatic heterocycles. The second kappa shape index (κ2) is 6.62. The Bertz CT molecular complexity index is 607. The van der Waals surface area contributed by atoms with Gasteiger partial charge in [-0.1, -0.05) is 12.8 Å². The van der Waals surface area contributed by atoms with E-state index in [0.29, 0.717) is 16.0 Å². The highest BCUT2D eigenvalue weighted by atomic mass is 79.9. The van der Waals surface area contributed by atoms with Crippen molar-refractivity contribution in [1.29, 1.82) is 0 Å². The Morgan fingerprint density at radius 1 is 1.35 bits per heavy atom. The van der Waals surface area contributed by atoms with Crippen molar-refractivity contribution in [1.82, 2.24) is 4.98 Å². The third kappa shape index (κ3) is 3.43. The predicted molar refractivity (Wildman–Crippen MR) is 85.4 cm³/mol. The highest BCUT2D eigenvalue weighted by molar-refractivity contribution is 9.10. The van der Waals surface area contributed by atoms with E-state index in [1.165, 1.54) is 0 Å². The van der Waals surface area contributed by atoms with Crippen LogP contribution in [0.3, 0.4) is 0 Å². The number of aromatic nitrogens is 1. The smallest absolute Gasteiger partial charge is 0.337 e. The lowest BCUT2D eigenvalue weighted by molar-refractivity contribution is 0.260. The van der Waals surface area contributed by atoms with Crippen LogP contribution in [-0.2, 0) is 0 Å². The number of nitrogens with one attached hydrogen (secondary N) is 1. The van der Waals surface area contributed by atoms with Gasteiger partial charge >= 0.3 is 6.03 Å². The number of ether oxygens (including phenoxy) is 1. The van der Waals surface area contributed by atoms with Gasteiger partial charge in [0.15, 0.2) is 5.82 Å². The quantitative estimate of drug-likeness (QED) is 0.826.